The molecule has 0 radical (unpaired) electrons. The molecule has 0 spiro atoms. The van der Waals surface area contributed by atoms with E-state index in [-0.39, 0.29) is 5.91 Å². The molecule has 2 aromatic rings. The fraction of sp³-hybridized carbons (Fsp3) is 0.389. The second kappa shape index (κ2) is 6.92. The standard InChI is InChI=1S/C18H21N5OS/c19-23-17(15-6-7-15)20-21-18(23)25-12-16(24)22-10-8-14(9-11-22)13-4-2-1-3-5-13/h1-5,8,15H,6-7,9-12,19H2. The summed E-state index contributed by atoms with van der Waals surface area (Å²) in [5.41, 5.74) is 2.56. The molecule has 25 heavy (non-hydrogen) atoms. The Bertz CT molecular complexity index is 797. The zero-order chi connectivity index (χ0) is 17.2. The SMILES string of the molecule is Nn1c(SCC(=O)N2CC=C(c3ccccc3)CC2)nnc1C1CC1. The molecule has 1 aromatic carbocycles. The highest BCUT2D eigenvalue weighted by molar-refractivity contribution is 7.99. The van der Waals surface area contributed by atoms with Crippen LogP contribution in [-0.4, -0.2) is 44.5 Å². The van der Waals surface area contributed by atoms with Crippen LogP contribution >= 0.6 is 11.8 Å². The smallest absolute Gasteiger partial charge is 0.233 e. The fourth-order valence-corrected chi connectivity index (χ4v) is 3.80. The molecule has 1 fully saturated rings. The highest BCUT2D eigenvalue weighted by atomic mass is 32.2. The molecule has 6 nitrogen and oxygen atoms in total. The molecule has 1 aliphatic carbocycles. The summed E-state index contributed by atoms with van der Waals surface area (Å²) in [7, 11) is 0. The molecule has 4 rings (SSSR count). The van der Waals surface area contributed by atoms with Gasteiger partial charge in [-0.3, -0.25) is 4.79 Å². The second-order valence-electron chi connectivity index (χ2n) is 6.46. The van der Waals surface area contributed by atoms with Crippen molar-refractivity contribution in [1.82, 2.24) is 19.8 Å². The molecule has 2 N–H and O–H groups in total. The average molecular weight is 355 g/mol. The predicted molar refractivity (Wildman–Crippen MR) is 98.5 cm³/mol. The summed E-state index contributed by atoms with van der Waals surface area (Å²) >= 11 is 1.36. The molecule has 0 unspecified atom stereocenters. The van der Waals surface area contributed by atoms with E-state index >= 15 is 0 Å². The first-order chi connectivity index (χ1) is 12.2. The molecule has 7 heteroatoms. The molecule has 0 saturated heterocycles. The first-order valence-electron chi connectivity index (χ1n) is 8.58. The number of hydrogen-bond acceptors (Lipinski definition) is 5. The van der Waals surface area contributed by atoms with E-state index in [1.807, 2.05) is 23.1 Å². The van der Waals surface area contributed by atoms with Gasteiger partial charge in [0, 0.05) is 19.0 Å². The van der Waals surface area contributed by atoms with Gasteiger partial charge in [-0.1, -0.05) is 48.2 Å². The van der Waals surface area contributed by atoms with E-state index in [2.05, 4.69) is 28.4 Å². The molecule has 1 saturated carbocycles. The minimum atomic E-state index is 0.115. The molecule has 0 atom stereocenters. The summed E-state index contributed by atoms with van der Waals surface area (Å²) in [5.74, 6) is 7.77. The van der Waals surface area contributed by atoms with Crippen LogP contribution in [0.4, 0.5) is 0 Å². The average Bonchev–Trinajstić information content (AvgIpc) is 3.44. The van der Waals surface area contributed by atoms with Gasteiger partial charge in [0.05, 0.1) is 5.75 Å². The van der Waals surface area contributed by atoms with Crippen LogP contribution in [0.3, 0.4) is 0 Å². The normalized spacial score (nSPS) is 17.4. The maximum Gasteiger partial charge on any atom is 0.233 e. The topological polar surface area (TPSA) is 77.0 Å². The van der Waals surface area contributed by atoms with E-state index in [0.29, 0.717) is 23.4 Å². The van der Waals surface area contributed by atoms with Gasteiger partial charge in [0.15, 0.2) is 5.82 Å². The number of amides is 1. The Balaban J connectivity index is 1.33. The second-order valence-corrected chi connectivity index (χ2v) is 7.40. The van der Waals surface area contributed by atoms with Gasteiger partial charge < -0.3 is 10.7 Å². The van der Waals surface area contributed by atoms with E-state index in [0.717, 1.165) is 31.6 Å². The molecule has 130 valence electrons. The summed E-state index contributed by atoms with van der Waals surface area (Å²) in [4.78, 5) is 14.3. The van der Waals surface area contributed by atoms with Gasteiger partial charge in [0.2, 0.25) is 11.1 Å². The van der Waals surface area contributed by atoms with Gasteiger partial charge in [-0.2, -0.15) is 0 Å². The van der Waals surface area contributed by atoms with Gasteiger partial charge >= 0.3 is 0 Å². The van der Waals surface area contributed by atoms with E-state index in [1.165, 1.54) is 22.9 Å². The van der Waals surface area contributed by atoms with E-state index in [4.69, 9.17) is 5.84 Å². The summed E-state index contributed by atoms with van der Waals surface area (Å²) in [6.07, 6.45) is 5.29. The number of aromatic nitrogens is 3. The highest BCUT2D eigenvalue weighted by Gasteiger charge is 2.30. The van der Waals surface area contributed by atoms with Gasteiger partial charge in [-0.05, 0) is 30.4 Å². The molecule has 2 heterocycles. The number of benzene rings is 1. The van der Waals surface area contributed by atoms with Crippen LogP contribution in [0.15, 0.2) is 41.6 Å². The third-order valence-corrected chi connectivity index (χ3v) is 5.59. The van der Waals surface area contributed by atoms with Crippen molar-refractivity contribution in [3.05, 3.63) is 47.8 Å². The first kappa shape index (κ1) is 16.2. The monoisotopic (exact) mass is 355 g/mol. The summed E-state index contributed by atoms with van der Waals surface area (Å²) in [6, 6.07) is 10.3. The molecule has 1 amide bonds. The minimum Gasteiger partial charge on any atom is -0.338 e. The predicted octanol–water partition coefficient (Wildman–Crippen LogP) is 2.28. The molecular formula is C18H21N5OS. The van der Waals surface area contributed by atoms with Crippen molar-refractivity contribution < 1.29 is 4.79 Å². The third-order valence-electron chi connectivity index (χ3n) is 4.66. The zero-order valence-corrected chi connectivity index (χ0v) is 14.8. The van der Waals surface area contributed by atoms with E-state index in [1.54, 1.807) is 4.68 Å². The van der Waals surface area contributed by atoms with Crippen molar-refractivity contribution in [2.24, 2.45) is 0 Å². The van der Waals surface area contributed by atoms with Crippen LogP contribution in [-0.2, 0) is 4.79 Å². The van der Waals surface area contributed by atoms with Crippen LogP contribution in [0, 0.1) is 0 Å². The van der Waals surface area contributed by atoms with Crippen molar-refractivity contribution in [3.8, 4) is 0 Å². The van der Waals surface area contributed by atoms with Crippen LogP contribution in [0.2, 0.25) is 0 Å². The molecule has 0 bridgehead atoms. The van der Waals surface area contributed by atoms with Crippen molar-refractivity contribution in [2.45, 2.75) is 30.3 Å². The fourth-order valence-electron chi connectivity index (χ4n) is 3.03. The summed E-state index contributed by atoms with van der Waals surface area (Å²) in [5, 5.41) is 8.88. The first-order valence-corrected chi connectivity index (χ1v) is 9.56. The number of nitrogens with zero attached hydrogens (tertiary/aromatic N) is 4. The molecule has 1 aliphatic heterocycles. The Morgan fingerprint density at radius 2 is 2.04 bits per heavy atom. The minimum absolute atomic E-state index is 0.115. The van der Waals surface area contributed by atoms with Crippen LogP contribution in [0.5, 0.6) is 0 Å². The number of thioether (sulfide) groups is 1. The lowest BCUT2D eigenvalue weighted by molar-refractivity contribution is -0.127. The van der Waals surface area contributed by atoms with Crippen molar-refractivity contribution >= 4 is 23.2 Å². The van der Waals surface area contributed by atoms with Gasteiger partial charge in [-0.25, -0.2) is 4.68 Å². The van der Waals surface area contributed by atoms with Crippen molar-refractivity contribution in [1.29, 1.82) is 0 Å². The van der Waals surface area contributed by atoms with Gasteiger partial charge in [-0.15, -0.1) is 10.2 Å². The van der Waals surface area contributed by atoms with E-state index < -0.39 is 0 Å². The Labute approximate surface area is 151 Å². The third kappa shape index (κ3) is 3.56. The maximum absolute atomic E-state index is 12.5. The number of carbonyl (C=O) groups is 1. The summed E-state index contributed by atoms with van der Waals surface area (Å²) < 4.78 is 1.54. The Kier molecular flexibility index (Phi) is 4.48. The number of rotatable bonds is 5. The highest BCUT2D eigenvalue weighted by Crippen LogP contribution is 2.39. The Morgan fingerprint density at radius 3 is 2.72 bits per heavy atom. The zero-order valence-electron chi connectivity index (χ0n) is 14.0. The number of nitrogen functional groups attached to an aromatic ring is 1. The van der Waals surface area contributed by atoms with Crippen molar-refractivity contribution in [3.63, 3.8) is 0 Å². The maximum atomic E-state index is 12.5. The lowest BCUT2D eigenvalue weighted by Gasteiger charge is -2.26. The molecular weight excluding hydrogens is 334 g/mol. The molecule has 2 aliphatic rings. The van der Waals surface area contributed by atoms with Gasteiger partial charge in [0.25, 0.3) is 0 Å². The van der Waals surface area contributed by atoms with Crippen LogP contribution < -0.4 is 5.84 Å². The lowest BCUT2D eigenvalue weighted by atomic mass is 10.00. The van der Waals surface area contributed by atoms with E-state index in [9.17, 15) is 4.79 Å². The van der Waals surface area contributed by atoms with Crippen LogP contribution in [0.25, 0.3) is 5.57 Å². The number of nitrogens with two attached hydrogens (primary N) is 1. The Hall–Kier alpha value is -2.28. The molecule has 1 aromatic heterocycles. The lowest BCUT2D eigenvalue weighted by Crippen LogP contribution is -2.36. The van der Waals surface area contributed by atoms with Crippen LogP contribution in [0.1, 0.15) is 36.6 Å². The Morgan fingerprint density at radius 1 is 1.24 bits per heavy atom. The quantitative estimate of drug-likeness (QED) is 0.658. The van der Waals surface area contributed by atoms with Crippen molar-refractivity contribution in [2.75, 3.05) is 24.7 Å². The number of carbonyl (C=O) groups excluding carboxylic acids is 1. The largest absolute Gasteiger partial charge is 0.338 e. The summed E-state index contributed by atoms with van der Waals surface area (Å²) in [6.45, 7) is 1.41. The van der Waals surface area contributed by atoms with Gasteiger partial charge in [0.1, 0.15) is 0 Å². The number of hydrogen-bond donors (Lipinski definition) is 1.